The molecule has 0 radical (unpaired) electrons. The van der Waals surface area contributed by atoms with Crippen LogP contribution >= 0.6 is 0 Å². The van der Waals surface area contributed by atoms with E-state index in [0.717, 1.165) is 0 Å². The van der Waals surface area contributed by atoms with Crippen LogP contribution in [0, 0.1) is 5.92 Å². The van der Waals surface area contributed by atoms with Gasteiger partial charge in [-0.2, -0.15) is 0 Å². The van der Waals surface area contributed by atoms with Gasteiger partial charge in [0.25, 0.3) is 5.91 Å². The summed E-state index contributed by atoms with van der Waals surface area (Å²) in [5, 5.41) is 2.57. The lowest BCUT2D eigenvalue weighted by Gasteiger charge is -2.46. The van der Waals surface area contributed by atoms with Crippen molar-refractivity contribution in [1.29, 1.82) is 0 Å². The number of hydrogen-bond donors (Lipinski definition) is 2. The van der Waals surface area contributed by atoms with Crippen molar-refractivity contribution in [2.45, 2.75) is 69.3 Å². The van der Waals surface area contributed by atoms with Crippen LogP contribution in [0.4, 0.5) is 4.79 Å². The van der Waals surface area contributed by atoms with Crippen molar-refractivity contribution in [3.05, 3.63) is 12.7 Å². The minimum Gasteiger partial charge on any atom is -0.444 e. The molecular formula is C16H26N2O5S. The SMILES string of the molecule is C=C[C@@H]1CC[C@]1(NC(=O)OC(C)(C)C)C(=O)NS(=O)(=O)C1(C)CC1. The molecule has 2 aliphatic carbocycles. The Hall–Kier alpha value is -1.57. The van der Waals surface area contributed by atoms with E-state index in [1.54, 1.807) is 33.8 Å². The third-order valence-corrected chi connectivity index (χ3v) is 6.89. The highest BCUT2D eigenvalue weighted by Crippen LogP contribution is 2.44. The Morgan fingerprint density at radius 2 is 1.83 bits per heavy atom. The van der Waals surface area contributed by atoms with E-state index in [1.165, 1.54) is 0 Å². The summed E-state index contributed by atoms with van der Waals surface area (Å²) in [4.78, 5) is 24.8. The summed E-state index contributed by atoms with van der Waals surface area (Å²) in [6, 6.07) is 0. The van der Waals surface area contributed by atoms with E-state index in [1.807, 2.05) is 0 Å². The predicted molar refractivity (Wildman–Crippen MR) is 89.7 cm³/mol. The van der Waals surface area contributed by atoms with Gasteiger partial charge >= 0.3 is 6.09 Å². The standard InChI is InChI=1S/C16H26N2O5S/c1-6-11-7-8-16(11,17-13(20)23-14(2,3)4)12(19)18-24(21,22)15(5)9-10-15/h6,11H,1,7-10H2,2-5H3,(H,17,20)(H,18,19)/t11-,16-/m1/s1. The topological polar surface area (TPSA) is 102 Å². The zero-order valence-electron chi connectivity index (χ0n) is 14.6. The summed E-state index contributed by atoms with van der Waals surface area (Å²) in [5.74, 6) is -1.06. The molecule has 8 heteroatoms. The average molecular weight is 358 g/mol. The van der Waals surface area contributed by atoms with E-state index < -0.39 is 37.9 Å². The van der Waals surface area contributed by atoms with Gasteiger partial charge in [0.05, 0.1) is 4.75 Å². The Kier molecular flexibility index (Phi) is 4.50. The molecule has 24 heavy (non-hydrogen) atoms. The summed E-state index contributed by atoms with van der Waals surface area (Å²) in [6.07, 6.45) is 2.83. The Morgan fingerprint density at radius 1 is 1.25 bits per heavy atom. The smallest absolute Gasteiger partial charge is 0.408 e. The molecule has 2 saturated carbocycles. The van der Waals surface area contributed by atoms with E-state index in [-0.39, 0.29) is 5.92 Å². The maximum atomic E-state index is 12.7. The van der Waals surface area contributed by atoms with Crippen molar-refractivity contribution in [2.75, 3.05) is 0 Å². The van der Waals surface area contributed by atoms with Gasteiger partial charge in [-0.3, -0.25) is 9.52 Å². The Balaban J connectivity index is 2.17. The number of nitrogens with one attached hydrogen (secondary N) is 2. The van der Waals surface area contributed by atoms with Crippen LogP contribution in [0.1, 0.15) is 53.4 Å². The number of ether oxygens (including phenoxy) is 1. The molecule has 2 fully saturated rings. The summed E-state index contributed by atoms with van der Waals surface area (Å²) in [5.41, 5.74) is -2.05. The van der Waals surface area contributed by atoms with Crippen LogP contribution in [-0.4, -0.2) is 36.3 Å². The van der Waals surface area contributed by atoms with Crippen LogP contribution in [0.25, 0.3) is 0 Å². The molecule has 0 spiro atoms. The first kappa shape index (κ1) is 18.8. The average Bonchev–Trinajstić information content (AvgIpc) is 3.12. The molecule has 0 unspecified atom stereocenters. The highest BCUT2D eigenvalue weighted by molar-refractivity contribution is 7.91. The van der Waals surface area contributed by atoms with Crippen LogP contribution < -0.4 is 10.0 Å². The molecule has 136 valence electrons. The summed E-state index contributed by atoms with van der Waals surface area (Å²) < 4.78 is 31.1. The lowest BCUT2D eigenvalue weighted by Crippen LogP contribution is -2.68. The monoisotopic (exact) mass is 358 g/mol. The lowest BCUT2D eigenvalue weighted by molar-refractivity contribution is -0.131. The van der Waals surface area contributed by atoms with Crippen molar-refractivity contribution in [3.63, 3.8) is 0 Å². The fourth-order valence-electron chi connectivity index (χ4n) is 2.68. The molecule has 0 heterocycles. The number of carbonyl (C=O) groups is 2. The van der Waals surface area contributed by atoms with Gasteiger partial charge in [0.2, 0.25) is 10.0 Å². The second-order valence-corrected chi connectivity index (χ2v) is 10.1. The van der Waals surface area contributed by atoms with Crippen LogP contribution in [0.5, 0.6) is 0 Å². The molecule has 2 atom stereocenters. The molecule has 0 aromatic heterocycles. The number of hydrogen-bond acceptors (Lipinski definition) is 5. The molecule has 0 saturated heterocycles. The first-order valence-electron chi connectivity index (χ1n) is 8.06. The summed E-state index contributed by atoms with van der Waals surface area (Å²) >= 11 is 0. The number of amides is 2. The molecule has 7 nitrogen and oxygen atoms in total. The zero-order chi connectivity index (χ0) is 18.4. The van der Waals surface area contributed by atoms with Gasteiger partial charge in [-0.05, 0) is 53.4 Å². The number of sulfonamides is 1. The Labute approximate surface area is 143 Å². The van der Waals surface area contributed by atoms with Crippen LogP contribution in [0.3, 0.4) is 0 Å². The minimum absolute atomic E-state index is 0.334. The lowest BCUT2D eigenvalue weighted by atomic mass is 9.66. The molecule has 0 aromatic carbocycles. The predicted octanol–water partition coefficient (Wildman–Crippen LogP) is 1.84. The van der Waals surface area contributed by atoms with Crippen molar-refractivity contribution in [1.82, 2.24) is 10.0 Å². The normalized spacial score (nSPS) is 28.2. The Bertz CT molecular complexity index is 660. The fraction of sp³-hybridized carbons (Fsp3) is 0.750. The van der Waals surface area contributed by atoms with Crippen molar-refractivity contribution in [2.24, 2.45) is 5.92 Å². The molecule has 2 amide bonds. The first-order valence-corrected chi connectivity index (χ1v) is 9.54. The quantitative estimate of drug-likeness (QED) is 0.730. The van der Waals surface area contributed by atoms with Gasteiger partial charge in [-0.1, -0.05) is 6.08 Å². The van der Waals surface area contributed by atoms with E-state index in [4.69, 9.17) is 4.74 Å². The van der Waals surface area contributed by atoms with E-state index >= 15 is 0 Å². The molecule has 0 bridgehead atoms. The van der Waals surface area contributed by atoms with Gasteiger partial charge in [0.15, 0.2) is 0 Å². The van der Waals surface area contributed by atoms with Crippen molar-refractivity contribution < 1.29 is 22.7 Å². The molecule has 2 rings (SSSR count). The maximum absolute atomic E-state index is 12.7. The van der Waals surface area contributed by atoms with Crippen LogP contribution in [0.15, 0.2) is 12.7 Å². The van der Waals surface area contributed by atoms with Gasteiger partial charge in [0, 0.05) is 5.92 Å². The van der Waals surface area contributed by atoms with Gasteiger partial charge in [0.1, 0.15) is 11.1 Å². The second-order valence-electron chi connectivity index (χ2n) is 7.86. The minimum atomic E-state index is -3.77. The number of rotatable bonds is 5. The van der Waals surface area contributed by atoms with E-state index in [2.05, 4.69) is 16.6 Å². The molecule has 0 aliphatic heterocycles. The molecular weight excluding hydrogens is 332 g/mol. The van der Waals surface area contributed by atoms with E-state index in [9.17, 15) is 18.0 Å². The second kappa shape index (κ2) is 5.75. The highest BCUT2D eigenvalue weighted by Gasteiger charge is 2.57. The number of alkyl carbamates (subject to hydrolysis) is 1. The maximum Gasteiger partial charge on any atom is 0.408 e. The molecule has 2 N–H and O–H groups in total. The van der Waals surface area contributed by atoms with E-state index in [0.29, 0.717) is 25.7 Å². The summed E-state index contributed by atoms with van der Waals surface area (Å²) in [6.45, 7) is 10.4. The van der Waals surface area contributed by atoms with Gasteiger partial charge in [-0.25, -0.2) is 13.2 Å². The molecule has 0 aromatic rings. The van der Waals surface area contributed by atoms with Crippen molar-refractivity contribution >= 4 is 22.0 Å². The number of carbonyl (C=O) groups excluding carboxylic acids is 2. The Morgan fingerprint density at radius 3 is 2.21 bits per heavy atom. The first-order chi connectivity index (χ1) is 10.9. The van der Waals surface area contributed by atoms with Crippen LogP contribution in [0.2, 0.25) is 0 Å². The molecule has 2 aliphatic rings. The highest BCUT2D eigenvalue weighted by atomic mass is 32.2. The largest absolute Gasteiger partial charge is 0.444 e. The summed E-state index contributed by atoms with van der Waals surface area (Å²) in [7, 11) is -3.77. The van der Waals surface area contributed by atoms with Gasteiger partial charge < -0.3 is 10.1 Å². The van der Waals surface area contributed by atoms with Gasteiger partial charge in [-0.15, -0.1) is 6.58 Å². The zero-order valence-corrected chi connectivity index (χ0v) is 15.5. The fourth-order valence-corrected chi connectivity index (χ4v) is 3.99. The third kappa shape index (κ3) is 3.43. The third-order valence-electron chi connectivity index (χ3n) is 4.73. The van der Waals surface area contributed by atoms with Crippen molar-refractivity contribution in [3.8, 4) is 0 Å². The van der Waals surface area contributed by atoms with Crippen LogP contribution in [-0.2, 0) is 19.6 Å².